The molecule has 0 aliphatic carbocycles. The largest absolute Gasteiger partial charge is 0.326 e. The Morgan fingerprint density at radius 3 is 2.15 bits per heavy atom. The molecule has 0 atom stereocenters. The Balaban J connectivity index is 2.00. The first-order valence-corrected chi connectivity index (χ1v) is 10.5. The molecule has 0 aliphatic rings. The predicted molar refractivity (Wildman–Crippen MR) is 107 cm³/mol. The molecular weight excluding hydrogens is 367 g/mol. The van der Waals surface area contributed by atoms with Gasteiger partial charge in [0.1, 0.15) is 5.82 Å². The van der Waals surface area contributed by atoms with Crippen LogP contribution in [0.5, 0.6) is 0 Å². The second-order valence-corrected chi connectivity index (χ2v) is 8.64. The zero-order valence-electron chi connectivity index (χ0n) is 16.0. The van der Waals surface area contributed by atoms with E-state index in [0.29, 0.717) is 12.1 Å². The molecule has 2 rings (SSSR count). The van der Waals surface area contributed by atoms with Crippen LogP contribution in [0.1, 0.15) is 29.5 Å². The first-order valence-electron chi connectivity index (χ1n) is 8.69. The van der Waals surface area contributed by atoms with Crippen LogP contribution in [0, 0.1) is 26.6 Å². The Hall–Kier alpha value is -2.41. The summed E-state index contributed by atoms with van der Waals surface area (Å²) in [6.45, 7) is 6.02. The number of carbonyl (C=O) groups is 1. The molecule has 0 saturated carbocycles. The molecule has 0 fully saturated rings. The molecule has 0 radical (unpaired) electrons. The standard InChI is InChI=1S/C20H25FN2O3S/c1-14-12-15(2)20(16(3)13-14)22-19(24)6-5-11-23(27(4,25)26)18-9-7-17(21)8-10-18/h7-10,12-13H,5-6,11H2,1-4H3,(H,22,24). The number of benzene rings is 2. The van der Waals surface area contributed by atoms with Crippen molar-refractivity contribution in [3.8, 4) is 0 Å². The predicted octanol–water partition coefficient (Wildman–Crippen LogP) is 3.94. The third-order valence-corrected chi connectivity index (χ3v) is 5.42. The zero-order valence-corrected chi connectivity index (χ0v) is 16.9. The lowest BCUT2D eigenvalue weighted by molar-refractivity contribution is -0.116. The van der Waals surface area contributed by atoms with Gasteiger partial charge < -0.3 is 5.32 Å². The fraction of sp³-hybridized carbons (Fsp3) is 0.350. The molecule has 0 aliphatic heterocycles. The van der Waals surface area contributed by atoms with Gasteiger partial charge in [-0.2, -0.15) is 0 Å². The Labute approximate surface area is 160 Å². The lowest BCUT2D eigenvalue weighted by Gasteiger charge is -2.22. The molecule has 0 unspecified atom stereocenters. The fourth-order valence-corrected chi connectivity index (χ4v) is 4.02. The number of nitrogens with one attached hydrogen (secondary N) is 1. The molecule has 0 spiro atoms. The van der Waals surface area contributed by atoms with Crippen molar-refractivity contribution in [2.75, 3.05) is 22.4 Å². The van der Waals surface area contributed by atoms with Gasteiger partial charge in [0.2, 0.25) is 15.9 Å². The molecule has 0 bridgehead atoms. The second-order valence-electron chi connectivity index (χ2n) is 6.74. The topological polar surface area (TPSA) is 66.5 Å². The van der Waals surface area contributed by atoms with Crippen molar-refractivity contribution in [1.29, 1.82) is 0 Å². The molecule has 146 valence electrons. The van der Waals surface area contributed by atoms with Crippen LogP contribution >= 0.6 is 0 Å². The minimum absolute atomic E-state index is 0.143. The van der Waals surface area contributed by atoms with Crippen molar-refractivity contribution in [3.63, 3.8) is 0 Å². The second kappa shape index (κ2) is 8.52. The van der Waals surface area contributed by atoms with Gasteiger partial charge in [0.15, 0.2) is 0 Å². The van der Waals surface area contributed by atoms with E-state index in [4.69, 9.17) is 0 Å². The van der Waals surface area contributed by atoms with Crippen molar-refractivity contribution in [3.05, 3.63) is 58.9 Å². The third kappa shape index (κ3) is 5.79. The van der Waals surface area contributed by atoms with Gasteiger partial charge in [0, 0.05) is 18.7 Å². The van der Waals surface area contributed by atoms with Crippen molar-refractivity contribution >= 4 is 27.3 Å². The number of nitrogens with zero attached hydrogens (tertiary/aromatic N) is 1. The highest BCUT2D eigenvalue weighted by atomic mass is 32.2. The number of halogens is 1. The van der Waals surface area contributed by atoms with Crippen LogP contribution in [-0.4, -0.2) is 27.1 Å². The number of hydrogen-bond acceptors (Lipinski definition) is 3. The van der Waals surface area contributed by atoms with Crippen molar-refractivity contribution in [2.24, 2.45) is 0 Å². The summed E-state index contributed by atoms with van der Waals surface area (Å²) in [7, 11) is -3.53. The van der Waals surface area contributed by atoms with E-state index in [1.165, 1.54) is 28.6 Å². The summed E-state index contributed by atoms with van der Waals surface area (Å²) < 4.78 is 38.3. The molecule has 5 nitrogen and oxygen atoms in total. The average Bonchev–Trinajstić information content (AvgIpc) is 2.55. The van der Waals surface area contributed by atoms with E-state index in [-0.39, 0.29) is 18.9 Å². The fourth-order valence-electron chi connectivity index (χ4n) is 3.06. The zero-order chi connectivity index (χ0) is 20.2. The maximum atomic E-state index is 13.1. The highest BCUT2D eigenvalue weighted by Crippen LogP contribution is 2.23. The molecule has 2 aromatic rings. The van der Waals surface area contributed by atoms with E-state index >= 15 is 0 Å². The van der Waals surface area contributed by atoms with Gasteiger partial charge in [-0.15, -0.1) is 0 Å². The van der Waals surface area contributed by atoms with Gasteiger partial charge in [-0.05, 0) is 62.6 Å². The highest BCUT2D eigenvalue weighted by molar-refractivity contribution is 7.92. The lowest BCUT2D eigenvalue weighted by atomic mass is 10.0. The summed E-state index contributed by atoms with van der Waals surface area (Å²) in [4.78, 5) is 12.3. The van der Waals surface area contributed by atoms with Gasteiger partial charge in [-0.3, -0.25) is 9.10 Å². The summed E-state index contributed by atoms with van der Waals surface area (Å²) in [5, 5.41) is 2.91. The third-order valence-electron chi connectivity index (χ3n) is 4.22. The summed E-state index contributed by atoms with van der Waals surface area (Å²) >= 11 is 0. The normalized spacial score (nSPS) is 11.3. The Bertz CT molecular complexity index is 902. The Morgan fingerprint density at radius 1 is 1.07 bits per heavy atom. The summed E-state index contributed by atoms with van der Waals surface area (Å²) in [5.74, 6) is -0.604. The van der Waals surface area contributed by atoms with Crippen LogP contribution in [0.3, 0.4) is 0 Å². The average molecular weight is 392 g/mol. The monoisotopic (exact) mass is 392 g/mol. The smallest absolute Gasteiger partial charge is 0.232 e. The van der Waals surface area contributed by atoms with Crippen LogP contribution in [0.25, 0.3) is 0 Å². The number of carbonyl (C=O) groups excluding carboxylic acids is 1. The minimum atomic E-state index is -3.53. The lowest BCUT2D eigenvalue weighted by Crippen LogP contribution is -2.31. The van der Waals surface area contributed by atoms with E-state index in [2.05, 4.69) is 5.32 Å². The molecule has 0 aromatic heterocycles. The number of amides is 1. The van der Waals surface area contributed by atoms with Gasteiger partial charge in [0.05, 0.1) is 11.9 Å². The van der Waals surface area contributed by atoms with Crippen LogP contribution in [0.15, 0.2) is 36.4 Å². The van der Waals surface area contributed by atoms with E-state index in [1.807, 2.05) is 32.9 Å². The van der Waals surface area contributed by atoms with Crippen LogP contribution in [-0.2, 0) is 14.8 Å². The molecule has 0 heterocycles. The van der Waals surface area contributed by atoms with E-state index in [1.54, 1.807) is 0 Å². The highest BCUT2D eigenvalue weighted by Gasteiger charge is 2.18. The number of sulfonamides is 1. The van der Waals surface area contributed by atoms with E-state index in [0.717, 1.165) is 28.6 Å². The van der Waals surface area contributed by atoms with Crippen LogP contribution in [0.2, 0.25) is 0 Å². The molecule has 0 saturated heterocycles. The van der Waals surface area contributed by atoms with Gasteiger partial charge in [0.25, 0.3) is 0 Å². The molecule has 1 amide bonds. The van der Waals surface area contributed by atoms with E-state index < -0.39 is 15.8 Å². The quantitative estimate of drug-likeness (QED) is 0.776. The maximum Gasteiger partial charge on any atom is 0.232 e. The first kappa shape index (κ1) is 20.9. The number of anilines is 2. The Morgan fingerprint density at radius 2 is 1.63 bits per heavy atom. The summed E-state index contributed by atoms with van der Waals surface area (Å²) in [5.41, 5.74) is 4.29. The molecule has 27 heavy (non-hydrogen) atoms. The van der Waals surface area contributed by atoms with E-state index in [9.17, 15) is 17.6 Å². The molecule has 7 heteroatoms. The number of aryl methyl sites for hydroxylation is 3. The van der Waals surface area contributed by atoms with Gasteiger partial charge in [-0.1, -0.05) is 17.7 Å². The van der Waals surface area contributed by atoms with Crippen LogP contribution in [0.4, 0.5) is 15.8 Å². The van der Waals surface area contributed by atoms with Gasteiger partial charge >= 0.3 is 0 Å². The van der Waals surface area contributed by atoms with Crippen molar-refractivity contribution < 1.29 is 17.6 Å². The van der Waals surface area contributed by atoms with Gasteiger partial charge in [-0.25, -0.2) is 12.8 Å². The summed E-state index contributed by atoms with van der Waals surface area (Å²) in [6.07, 6.45) is 1.62. The van der Waals surface area contributed by atoms with Crippen molar-refractivity contribution in [1.82, 2.24) is 0 Å². The maximum absolute atomic E-state index is 13.1. The summed E-state index contributed by atoms with van der Waals surface area (Å²) in [6, 6.07) is 9.25. The van der Waals surface area contributed by atoms with Crippen molar-refractivity contribution in [2.45, 2.75) is 33.6 Å². The number of hydrogen-bond donors (Lipinski definition) is 1. The SMILES string of the molecule is Cc1cc(C)c(NC(=O)CCCN(c2ccc(F)cc2)S(C)(=O)=O)c(C)c1. The molecular formula is C20H25FN2O3S. The van der Waals surface area contributed by atoms with Crippen LogP contribution < -0.4 is 9.62 Å². The Kier molecular flexibility index (Phi) is 6.59. The molecule has 2 aromatic carbocycles. The number of rotatable bonds is 7. The minimum Gasteiger partial charge on any atom is -0.326 e. The first-order chi connectivity index (χ1) is 12.6. The molecule has 1 N–H and O–H groups in total.